The number of carboxylic acids is 1. The molecule has 0 amide bonds. The molecule has 1 heterocycles. The molecule has 19 heavy (non-hydrogen) atoms. The summed E-state index contributed by atoms with van der Waals surface area (Å²) in [6.07, 6.45) is 1.44. The van der Waals surface area contributed by atoms with Gasteiger partial charge in [0.1, 0.15) is 11.4 Å². The number of halogens is 1. The van der Waals surface area contributed by atoms with Crippen molar-refractivity contribution in [3.8, 4) is 0 Å². The van der Waals surface area contributed by atoms with E-state index in [1.165, 1.54) is 12.3 Å². The van der Waals surface area contributed by atoms with Crippen LogP contribution in [0.1, 0.15) is 17.3 Å². The second-order valence-corrected chi connectivity index (χ2v) is 6.44. The summed E-state index contributed by atoms with van der Waals surface area (Å²) in [6, 6.07) is 1.40. The number of anilines is 1. The number of sulfonamides is 1. The van der Waals surface area contributed by atoms with Crippen molar-refractivity contribution in [2.24, 2.45) is 0 Å². The molecule has 0 aliphatic rings. The zero-order chi connectivity index (χ0) is 14.5. The standard InChI is InChI=1S/C10H14BrN3O4S/c1-2-14-19(17,18)4-3-12-9-8(10(15)16)5-7(11)6-13-9/h5-6,14H,2-4H2,1H3,(H,12,13)(H,15,16). The van der Waals surface area contributed by atoms with Gasteiger partial charge in [-0.3, -0.25) is 0 Å². The van der Waals surface area contributed by atoms with Crippen LogP contribution in [0.5, 0.6) is 0 Å². The maximum atomic E-state index is 11.4. The van der Waals surface area contributed by atoms with Crippen molar-refractivity contribution in [3.63, 3.8) is 0 Å². The summed E-state index contributed by atoms with van der Waals surface area (Å²) in [5.74, 6) is -1.15. The van der Waals surface area contributed by atoms with Gasteiger partial charge in [0.05, 0.1) is 5.75 Å². The third-order valence-electron chi connectivity index (χ3n) is 2.11. The quantitative estimate of drug-likeness (QED) is 0.673. The third kappa shape index (κ3) is 5.13. The summed E-state index contributed by atoms with van der Waals surface area (Å²) < 4.78 is 25.7. The van der Waals surface area contributed by atoms with Crippen LogP contribution in [0.3, 0.4) is 0 Å². The highest BCUT2D eigenvalue weighted by atomic mass is 79.9. The van der Waals surface area contributed by atoms with Gasteiger partial charge in [0.2, 0.25) is 10.0 Å². The molecule has 0 radical (unpaired) electrons. The maximum absolute atomic E-state index is 11.4. The molecule has 9 heteroatoms. The fourth-order valence-corrected chi connectivity index (χ4v) is 2.63. The summed E-state index contributed by atoms with van der Waals surface area (Å²) in [4.78, 5) is 14.9. The first kappa shape index (κ1) is 15.9. The molecule has 0 fully saturated rings. The molecule has 0 aliphatic heterocycles. The molecule has 0 unspecified atom stereocenters. The summed E-state index contributed by atoms with van der Waals surface area (Å²) >= 11 is 3.13. The lowest BCUT2D eigenvalue weighted by Crippen LogP contribution is -2.29. The van der Waals surface area contributed by atoms with Crippen molar-refractivity contribution >= 4 is 37.7 Å². The van der Waals surface area contributed by atoms with E-state index in [-0.39, 0.29) is 23.7 Å². The monoisotopic (exact) mass is 351 g/mol. The van der Waals surface area contributed by atoms with Gasteiger partial charge < -0.3 is 10.4 Å². The molecule has 0 aliphatic carbocycles. The molecule has 3 N–H and O–H groups in total. The van der Waals surface area contributed by atoms with Crippen molar-refractivity contribution in [3.05, 3.63) is 22.3 Å². The highest BCUT2D eigenvalue weighted by Gasteiger charge is 2.13. The number of rotatable bonds is 7. The van der Waals surface area contributed by atoms with E-state index in [1.54, 1.807) is 6.92 Å². The van der Waals surface area contributed by atoms with Crippen molar-refractivity contribution in [1.29, 1.82) is 0 Å². The van der Waals surface area contributed by atoms with Crippen molar-refractivity contribution in [2.45, 2.75) is 6.92 Å². The second-order valence-electron chi connectivity index (χ2n) is 3.60. The topological polar surface area (TPSA) is 108 Å². The van der Waals surface area contributed by atoms with E-state index >= 15 is 0 Å². The number of hydrogen-bond donors (Lipinski definition) is 3. The molecular formula is C10H14BrN3O4S. The Bertz CT molecular complexity index is 562. The summed E-state index contributed by atoms with van der Waals surface area (Å²) in [5, 5.41) is 11.7. The van der Waals surface area contributed by atoms with Gasteiger partial charge in [0.25, 0.3) is 0 Å². The summed E-state index contributed by atoms with van der Waals surface area (Å²) in [5.41, 5.74) is -0.0183. The molecule has 7 nitrogen and oxygen atoms in total. The fourth-order valence-electron chi connectivity index (χ4n) is 1.34. The average molecular weight is 352 g/mol. The predicted octanol–water partition coefficient (Wildman–Crippen LogP) is 0.893. The highest BCUT2D eigenvalue weighted by molar-refractivity contribution is 9.10. The van der Waals surface area contributed by atoms with E-state index in [2.05, 4.69) is 31.0 Å². The minimum atomic E-state index is -3.34. The number of carbonyl (C=O) groups is 1. The SMILES string of the molecule is CCNS(=O)(=O)CCNc1ncc(Br)cc1C(=O)O. The Morgan fingerprint density at radius 3 is 2.79 bits per heavy atom. The zero-order valence-electron chi connectivity index (χ0n) is 10.2. The van der Waals surface area contributed by atoms with Crippen molar-refractivity contribution < 1.29 is 18.3 Å². The molecule has 0 bridgehead atoms. The zero-order valence-corrected chi connectivity index (χ0v) is 12.6. The smallest absolute Gasteiger partial charge is 0.339 e. The summed E-state index contributed by atoms with van der Waals surface area (Å²) in [6.45, 7) is 2.08. The van der Waals surface area contributed by atoms with Gasteiger partial charge in [-0.15, -0.1) is 0 Å². The first-order valence-electron chi connectivity index (χ1n) is 5.45. The molecule has 0 saturated heterocycles. The Balaban J connectivity index is 2.71. The second kappa shape index (κ2) is 6.83. The predicted molar refractivity (Wildman–Crippen MR) is 74.8 cm³/mol. The minimum Gasteiger partial charge on any atom is -0.478 e. The lowest BCUT2D eigenvalue weighted by atomic mass is 10.2. The number of nitrogens with zero attached hydrogens (tertiary/aromatic N) is 1. The number of carboxylic acid groups (broad SMARTS) is 1. The number of nitrogens with one attached hydrogen (secondary N) is 2. The van der Waals surface area contributed by atoms with E-state index in [9.17, 15) is 13.2 Å². The van der Waals surface area contributed by atoms with E-state index in [0.29, 0.717) is 11.0 Å². The van der Waals surface area contributed by atoms with Gasteiger partial charge in [-0.05, 0) is 22.0 Å². The van der Waals surface area contributed by atoms with Crippen LogP contribution in [0.15, 0.2) is 16.7 Å². The van der Waals surface area contributed by atoms with E-state index in [0.717, 1.165) is 0 Å². The molecule has 1 aromatic heterocycles. The Kier molecular flexibility index (Phi) is 5.70. The Morgan fingerprint density at radius 1 is 1.53 bits per heavy atom. The largest absolute Gasteiger partial charge is 0.478 e. The molecular weight excluding hydrogens is 338 g/mol. The van der Waals surface area contributed by atoms with Crippen LogP contribution in [-0.4, -0.2) is 43.3 Å². The van der Waals surface area contributed by atoms with Gasteiger partial charge in [-0.25, -0.2) is 22.9 Å². The fraction of sp³-hybridized carbons (Fsp3) is 0.400. The molecule has 0 spiro atoms. The van der Waals surface area contributed by atoms with E-state index in [4.69, 9.17) is 5.11 Å². The van der Waals surface area contributed by atoms with Crippen molar-refractivity contribution in [1.82, 2.24) is 9.71 Å². The van der Waals surface area contributed by atoms with Gasteiger partial charge in [0.15, 0.2) is 0 Å². The lowest BCUT2D eigenvalue weighted by Gasteiger charge is -2.09. The van der Waals surface area contributed by atoms with E-state index < -0.39 is 16.0 Å². The maximum Gasteiger partial charge on any atom is 0.339 e. The molecule has 0 aromatic carbocycles. The van der Waals surface area contributed by atoms with Crippen LogP contribution in [-0.2, 0) is 10.0 Å². The summed E-state index contributed by atoms with van der Waals surface area (Å²) in [7, 11) is -3.34. The van der Waals surface area contributed by atoms with Crippen LogP contribution in [0, 0.1) is 0 Å². The van der Waals surface area contributed by atoms with Crippen LogP contribution in [0.4, 0.5) is 5.82 Å². The number of pyridine rings is 1. The molecule has 0 saturated carbocycles. The average Bonchev–Trinajstić information content (AvgIpc) is 2.30. The Hall–Kier alpha value is -1.19. The number of aromatic carboxylic acids is 1. The molecule has 0 atom stereocenters. The molecule has 1 rings (SSSR count). The molecule has 1 aromatic rings. The van der Waals surface area contributed by atoms with Crippen LogP contribution >= 0.6 is 15.9 Å². The van der Waals surface area contributed by atoms with Gasteiger partial charge in [-0.1, -0.05) is 6.92 Å². The molecule has 106 valence electrons. The highest BCUT2D eigenvalue weighted by Crippen LogP contribution is 2.17. The number of hydrogen-bond acceptors (Lipinski definition) is 5. The number of aromatic nitrogens is 1. The third-order valence-corrected chi connectivity index (χ3v) is 4.02. The van der Waals surface area contributed by atoms with E-state index in [1.807, 2.05) is 0 Å². The minimum absolute atomic E-state index is 0.0183. The lowest BCUT2D eigenvalue weighted by molar-refractivity contribution is 0.0697. The first-order valence-corrected chi connectivity index (χ1v) is 7.90. The van der Waals surface area contributed by atoms with Gasteiger partial charge in [-0.2, -0.15) is 0 Å². The van der Waals surface area contributed by atoms with Crippen molar-refractivity contribution in [2.75, 3.05) is 24.2 Å². The normalized spacial score (nSPS) is 11.3. The Labute approximate surface area is 119 Å². The first-order chi connectivity index (χ1) is 8.85. The Morgan fingerprint density at radius 2 is 2.21 bits per heavy atom. The van der Waals surface area contributed by atoms with Crippen LogP contribution in [0.25, 0.3) is 0 Å². The van der Waals surface area contributed by atoms with Gasteiger partial charge >= 0.3 is 5.97 Å². The van der Waals surface area contributed by atoms with Crippen LogP contribution in [0.2, 0.25) is 0 Å². The van der Waals surface area contributed by atoms with Gasteiger partial charge in [0, 0.05) is 23.8 Å². The van der Waals surface area contributed by atoms with Crippen LogP contribution < -0.4 is 10.0 Å².